The van der Waals surface area contributed by atoms with Gasteiger partial charge in [-0.05, 0) is 70.1 Å². The van der Waals surface area contributed by atoms with Crippen molar-refractivity contribution in [3.05, 3.63) is 34.9 Å². The second kappa shape index (κ2) is 8.93. The molecule has 0 aromatic heterocycles. The fourth-order valence-electron chi connectivity index (χ4n) is 4.91. The monoisotopic (exact) mass is 398 g/mol. The van der Waals surface area contributed by atoms with Gasteiger partial charge in [0, 0.05) is 23.8 Å². The van der Waals surface area contributed by atoms with Gasteiger partial charge in [0.1, 0.15) is 17.1 Å². The van der Waals surface area contributed by atoms with Gasteiger partial charge in [0.15, 0.2) is 0 Å². The molecule has 1 heterocycles. The summed E-state index contributed by atoms with van der Waals surface area (Å²) in [5.41, 5.74) is 3.51. The minimum Gasteiger partial charge on any atom is -0.487 e. The lowest BCUT2D eigenvalue weighted by Gasteiger charge is -2.47. The first-order valence-corrected chi connectivity index (χ1v) is 11.4. The molecule has 0 bridgehead atoms. The summed E-state index contributed by atoms with van der Waals surface area (Å²) in [6, 6.07) is 4.31. The first-order valence-electron chi connectivity index (χ1n) is 11.4. The molecule has 2 atom stereocenters. The van der Waals surface area contributed by atoms with E-state index in [4.69, 9.17) is 9.47 Å². The number of allylic oxidation sites excluding steroid dienone is 2. The van der Waals surface area contributed by atoms with E-state index in [0.29, 0.717) is 18.3 Å². The Labute approximate surface area is 176 Å². The molecule has 0 N–H and O–H groups in total. The van der Waals surface area contributed by atoms with E-state index in [9.17, 15) is 4.79 Å². The molecule has 29 heavy (non-hydrogen) atoms. The number of unbranched alkanes of at least 4 members (excludes halogenated alkanes) is 2. The number of esters is 1. The van der Waals surface area contributed by atoms with Crippen LogP contribution in [0.25, 0.3) is 0 Å². The summed E-state index contributed by atoms with van der Waals surface area (Å²) in [6.07, 6.45) is 9.35. The van der Waals surface area contributed by atoms with Crippen LogP contribution < -0.4 is 9.47 Å². The van der Waals surface area contributed by atoms with E-state index < -0.39 is 0 Å². The van der Waals surface area contributed by atoms with Crippen molar-refractivity contribution in [2.24, 2.45) is 11.8 Å². The maximum atomic E-state index is 12.6. The van der Waals surface area contributed by atoms with E-state index in [-0.39, 0.29) is 17.5 Å². The Bertz CT molecular complexity index is 772. The van der Waals surface area contributed by atoms with Gasteiger partial charge >= 0.3 is 5.97 Å². The highest BCUT2D eigenvalue weighted by Crippen LogP contribution is 2.54. The van der Waals surface area contributed by atoms with E-state index >= 15 is 0 Å². The van der Waals surface area contributed by atoms with E-state index in [0.717, 1.165) is 42.7 Å². The normalized spacial score (nSPS) is 22.4. The van der Waals surface area contributed by atoms with Crippen molar-refractivity contribution < 1.29 is 14.3 Å². The fraction of sp³-hybridized carbons (Fsp3) is 0.654. The smallest absolute Gasteiger partial charge is 0.311 e. The number of carbonyl (C=O) groups excluding carboxylic acids is 1. The number of benzene rings is 1. The van der Waals surface area contributed by atoms with Gasteiger partial charge in [-0.2, -0.15) is 0 Å². The van der Waals surface area contributed by atoms with Gasteiger partial charge in [-0.15, -0.1) is 0 Å². The van der Waals surface area contributed by atoms with Crippen LogP contribution in [-0.2, 0) is 11.2 Å². The lowest BCUT2D eigenvalue weighted by molar-refractivity contribution is -0.135. The zero-order valence-corrected chi connectivity index (χ0v) is 19.1. The number of rotatable bonds is 7. The van der Waals surface area contributed by atoms with Crippen molar-refractivity contribution in [2.45, 2.75) is 98.0 Å². The summed E-state index contributed by atoms with van der Waals surface area (Å²) < 4.78 is 12.5. The Morgan fingerprint density at radius 3 is 2.72 bits per heavy atom. The number of hydrogen-bond donors (Lipinski definition) is 0. The maximum absolute atomic E-state index is 12.6. The molecule has 1 aliphatic carbocycles. The van der Waals surface area contributed by atoms with Crippen LogP contribution in [-0.4, -0.2) is 11.6 Å². The Morgan fingerprint density at radius 1 is 1.28 bits per heavy atom. The molecule has 0 amide bonds. The molecule has 0 fully saturated rings. The maximum Gasteiger partial charge on any atom is 0.311 e. The Balaban J connectivity index is 2.02. The lowest BCUT2D eigenvalue weighted by Crippen LogP contribution is -2.45. The molecule has 1 aromatic carbocycles. The SMILES string of the molecule is CCCCCc1cc(OC(=O)CC(C)C)c2c(c1)OC(C)(C)[C@@H]1CC=C(C)C[C@@H]21. The van der Waals surface area contributed by atoms with Crippen molar-refractivity contribution in [1.82, 2.24) is 0 Å². The summed E-state index contributed by atoms with van der Waals surface area (Å²) in [6.45, 7) is 12.9. The average molecular weight is 399 g/mol. The predicted octanol–water partition coefficient (Wildman–Crippen LogP) is 6.98. The van der Waals surface area contributed by atoms with Gasteiger partial charge in [-0.25, -0.2) is 0 Å². The van der Waals surface area contributed by atoms with Crippen molar-refractivity contribution in [1.29, 1.82) is 0 Å². The summed E-state index contributed by atoms with van der Waals surface area (Å²) in [7, 11) is 0. The highest BCUT2D eigenvalue weighted by molar-refractivity contribution is 5.74. The van der Waals surface area contributed by atoms with Gasteiger partial charge in [0.05, 0.1) is 0 Å². The van der Waals surface area contributed by atoms with Crippen LogP contribution in [0.2, 0.25) is 0 Å². The van der Waals surface area contributed by atoms with Crippen LogP contribution in [0.3, 0.4) is 0 Å². The second-order valence-electron chi connectivity index (χ2n) is 9.94. The van der Waals surface area contributed by atoms with Crippen LogP contribution in [0.15, 0.2) is 23.8 Å². The third-order valence-corrected chi connectivity index (χ3v) is 6.42. The predicted molar refractivity (Wildman–Crippen MR) is 119 cm³/mol. The van der Waals surface area contributed by atoms with Gasteiger partial charge < -0.3 is 9.47 Å². The van der Waals surface area contributed by atoms with Crippen LogP contribution in [0, 0.1) is 11.8 Å². The fourth-order valence-corrected chi connectivity index (χ4v) is 4.91. The largest absolute Gasteiger partial charge is 0.487 e. The van der Waals surface area contributed by atoms with Gasteiger partial charge in [0.25, 0.3) is 0 Å². The molecule has 0 saturated heterocycles. The van der Waals surface area contributed by atoms with Crippen molar-refractivity contribution in [3.8, 4) is 11.5 Å². The minimum absolute atomic E-state index is 0.141. The van der Waals surface area contributed by atoms with E-state index in [1.165, 1.54) is 24.0 Å². The number of fused-ring (bicyclic) bond motifs is 3. The molecule has 0 radical (unpaired) electrons. The number of carbonyl (C=O) groups is 1. The number of aryl methyl sites for hydroxylation is 1. The third kappa shape index (κ3) is 5.05. The van der Waals surface area contributed by atoms with Crippen LogP contribution >= 0.6 is 0 Å². The van der Waals surface area contributed by atoms with Crippen molar-refractivity contribution in [3.63, 3.8) is 0 Å². The molecular weight excluding hydrogens is 360 g/mol. The molecule has 3 heteroatoms. The summed E-state index contributed by atoms with van der Waals surface area (Å²) in [5.74, 6) is 2.54. The Morgan fingerprint density at radius 2 is 2.03 bits per heavy atom. The van der Waals surface area contributed by atoms with Gasteiger partial charge in [-0.1, -0.05) is 45.3 Å². The molecule has 3 nitrogen and oxygen atoms in total. The highest BCUT2D eigenvalue weighted by atomic mass is 16.5. The molecule has 1 aromatic rings. The van der Waals surface area contributed by atoms with Crippen molar-refractivity contribution >= 4 is 5.97 Å². The summed E-state index contributed by atoms with van der Waals surface area (Å²) in [4.78, 5) is 12.6. The Hall–Kier alpha value is -1.77. The molecule has 3 rings (SSSR count). The van der Waals surface area contributed by atoms with Crippen LogP contribution in [0.5, 0.6) is 11.5 Å². The quantitative estimate of drug-likeness (QED) is 0.215. The molecule has 1 aliphatic heterocycles. The van der Waals surface area contributed by atoms with E-state index in [2.05, 4.69) is 59.8 Å². The van der Waals surface area contributed by atoms with E-state index in [1.54, 1.807) is 0 Å². The zero-order chi connectivity index (χ0) is 21.2. The molecule has 2 aliphatic rings. The van der Waals surface area contributed by atoms with Gasteiger partial charge in [0.2, 0.25) is 0 Å². The lowest BCUT2D eigenvalue weighted by atomic mass is 9.67. The van der Waals surface area contributed by atoms with Gasteiger partial charge in [-0.3, -0.25) is 4.79 Å². The number of ether oxygens (including phenoxy) is 2. The molecule has 0 unspecified atom stereocenters. The first-order chi connectivity index (χ1) is 13.7. The van der Waals surface area contributed by atoms with Crippen LogP contribution in [0.1, 0.15) is 97.1 Å². The third-order valence-electron chi connectivity index (χ3n) is 6.42. The van der Waals surface area contributed by atoms with E-state index in [1.807, 2.05) is 0 Å². The summed E-state index contributed by atoms with van der Waals surface area (Å²) in [5, 5.41) is 0. The minimum atomic E-state index is -0.226. The topological polar surface area (TPSA) is 35.5 Å². The second-order valence-corrected chi connectivity index (χ2v) is 9.94. The standard InChI is InChI=1S/C26H38O3/c1-7-8-9-10-19-15-22(28-24(27)13-17(2)3)25-20-14-18(4)11-12-21(20)26(5,6)29-23(25)16-19/h11,15-17,20-21H,7-10,12-14H2,1-6H3/t20-,21-/m1/s1. The molecular formula is C26H38O3. The average Bonchev–Trinajstić information content (AvgIpc) is 2.60. The van der Waals surface area contributed by atoms with Crippen LogP contribution in [0.4, 0.5) is 0 Å². The molecule has 160 valence electrons. The van der Waals surface area contributed by atoms with Crippen molar-refractivity contribution in [2.75, 3.05) is 0 Å². The molecule has 0 spiro atoms. The zero-order valence-electron chi connectivity index (χ0n) is 19.1. The number of hydrogen-bond acceptors (Lipinski definition) is 3. The molecule has 0 saturated carbocycles. The first kappa shape index (κ1) is 21.9. The highest BCUT2D eigenvalue weighted by Gasteiger charge is 2.46. The summed E-state index contributed by atoms with van der Waals surface area (Å²) >= 11 is 0. The Kier molecular flexibility index (Phi) is 6.76.